The Morgan fingerprint density at radius 1 is 1.07 bits per heavy atom. The number of aliphatic hydroxyl groups is 1. The van der Waals surface area contributed by atoms with Gasteiger partial charge < -0.3 is 14.6 Å². The van der Waals surface area contributed by atoms with E-state index in [4.69, 9.17) is 21.1 Å². The molecule has 1 N–H and O–H groups in total. The summed E-state index contributed by atoms with van der Waals surface area (Å²) in [4.78, 5) is 28.7. The molecule has 1 atom stereocenters. The maximum Gasteiger partial charge on any atom is 0.301 e. The van der Waals surface area contributed by atoms with E-state index in [9.17, 15) is 14.7 Å². The number of halogens is 1. The molecule has 0 bridgehead atoms. The first-order valence-corrected chi connectivity index (χ1v) is 16.3. The Morgan fingerprint density at radius 3 is 2.61 bits per heavy atom. The summed E-state index contributed by atoms with van der Waals surface area (Å²) in [7, 11) is 1.53. The number of aliphatic hydroxyl groups excluding tert-OH is 1. The minimum absolute atomic E-state index is 0.0362. The average Bonchev–Trinajstić information content (AvgIpc) is 3.59. The summed E-state index contributed by atoms with van der Waals surface area (Å²) in [5, 5.41) is 21.1. The summed E-state index contributed by atoms with van der Waals surface area (Å²) in [6, 6.07) is 17.4. The van der Waals surface area contributed by atoms with Crippen LogP contribution in [0.3, 0.4) is 0 Å². The Balaban J connectivity index is 1.59. The molecule has 0 radical (unpaired) electrons. The molecule has 5 rings (SSSR count). The van der Waals surface area contributed by atoms with Crippen molar-refractivity contribution in [1.82, 2.24) is 10.2 Å². The second-order valence-corrected chi connectivity index (χ2v) is 12.9. The number of aromatic nitrogens is 2. The van der Waals surface area contributed by atoms with Gasteiger partial charge in [-0.1, -0.05) is 90.0 Å². The monoisotopic (exact) mass is 649 g/mol. The van der Waals surface area contributed by atoms with Crippen LogP contribution in [0.15, 0.2) is 70.6 Å². The summed E-state index contributed by atoms with van der Waals surface area (Å²) in [5.41, 5.74) is 3.61. The second kappa shape index (κ2) is 13.8. The number of rotatable bonds is 11. The highest BCUT2D eigenvalue weighted by Crippen LogP contribution is 2.46. The Bertz CT molecular complexity index is 1740. The van der Waals surface area contributed by atoms with E-state index >= 15 is 0 Å². The number of carbonyl (C=O) groups excluding carboxylic acids is 2. The molecule has 1 aliphatic heterocycles. The van der Waals surface area contributed by atoms with Crippen LogP contribution in [-0.4, -0.2) is 40.7 Å². The lowest BCUT2D eigenvalue weighted by atomic mass is 9.93. The number of thioether (sulfide) groups is 1. The molecule has 1 fully saturated rings. The molecule has 1 amide bonds. The van der Waals surface area contributed by atoms with E-state index < -0.39 is 17.7 Å². The van der Waals surface area contributed by atoms with Crippen LogP contribution in [0, 0.1) is 13.8 Å². The van der Waals surface area contributed by atoms with Crippen molar-refractivity contribution < 1.29 is 24.2 Å². The number of carbonyl (C=O) groups is 2. The normalized spacial score (nSPS) is 16.0. The molecule has 0 spiro atoms. The van der Waals surface area contributed by atoms with E-state index in [1.165, 1.54) is 35.1 Å². The molecule has 44 heavy (non-hydrogen) atoms. The number of ether oxygens (including phenoxy) is 2. The third-order valence-electron chi connectivity index (χ3n) is 7.26. The van der Waals surface area contributed by atoms with E-state index in [-0.39, 0.29) is 16.5 Å². The van der Waals surface area contributed by atoms with Gasteiger partial charge in [0.15, 0.2) is 15.8 Å². The quantitative estimate of drug-likeness (QED) is 0.0437. The first-order valence-electron chi connectivity index (χ1n) is 14.1. The van der Waals surface area contributed by atoms with Crippen molar-refractivity contribution in [1.29, 1.82) is 0 Å². The molecular formula is C33H32ClN3O5S2. The van der Waals surface area contributed by atoms with Crippen LogP contribution >= 0.6 is 34.7 Å². The molecule has 2 heterocycles. The highest BCUT2D eigenvalue weighted by atomic mass is 35.5. The van der Waals surface area contributed by atoms with Crippen molar-refractivity contribution >= 4 is 57.3 Å². The van der Waals surface area contributed by atoms with E-state index in [2.05, 4.69) is 17.1 Å². The summed E-state index contributed by atoms with van der Waals surface area (Å²) < 4.78 is 12.2. The van der Waals surface area contributed by atoms with E-state index in [1.807, 2.05) is 50.2 Å². The summed E-state index contributed by atoms with van der Waals surface area (Å²) in [6.07, 6.45) is 1.86. The molecule has 8 nitrogen and oxygen atoms in total. The molecule has 1 unspecified atom stereocenters. The lowest BCUT2D eigenvalue weighted by molar-refractivity contribution is -0.132. The van der Waals surface area contributed by atoms with Crippen LogP contribution in [0.4, 0.5) is 5.13 Å². The standard InChI is InChI=1S/C33H32ClN3O5S2/c1-5-6-15-42-25-14-13-21(17-26(25)41-4)28-27(29(38)23-16-19(2)11-12-20(23)3)30(39)31(40)37(28)32-35-36-33(44-32)43-18-22-9-7-8-10-24(22)34/h7-14,16-17,28,38H,5-6,15,18H2,1-4H3. The lowest BCUT2D eigenvalue weighted by Crippen LogP contribution is -2.29. The van der Waals surface area contributed by atoms with Gasteiger partial charge in [-0.2, -0.15) is 0 Å². The molecule has 1 aromatic heterocycles. The van der Waals surface area contributed by atoms with Gasteiger partial charge in [-0.05, 0) is 61.2 Å². The largest absolute Gasteiger partial charge is 0.507 e. The van der Waals surface area contributed by atoms with Gasteiger partial charge in [-0.25, -0.2) is 0 Å². The Morgan fingerprint density at radius 2 is 1.86 bits per heavy atom. The number of unbranched alkanes of at least 4 members (excludes halogenated alkanes) is 1. The fourth-order valence-electron chi connectivity index (χ4n) is 4.89. The van der Waals surface area contributed by atoms with Gasteiger partial charge in [0.2, 0.25) is 5.13 Å². The van der Waals surface area contributed by atoms with E-state index in [1.54, 1.807) is 24.3 Å². The van der Waals surface area contributed by atoms with Crippen LogP contribution in [0.25, 0.3) is 5.76 Å². The molecule has 0 aliphatic carbocycles. The predicted octanol–water partition coefficient (Wildman–Crippen LogP) is 7.91. The molecule has 1 aliphatic rings. The van der Waals surface area contributed by atoms with Crippen molar-refractivity contribution in [3.05, 3.63) is 99.1 Å². The number of anilines is 1. The summed E-state index contributed by atoms with van der Waals surface area (Å²) >= 11 is 8.95. The second-order valence-electron chi connectivity index (χ2n) is 10.3. The number of ketones is 1. The van der Waals surface area contributed by atoms with Crippen molar-refractivity contribution in [2.75, 3.05) is 18.6 Å². The number of nitrogens with zero attached hydrogens (tertiary/aromatic N) is 3. The minimum Gasteiger partial charge on any atom is -0.507 e. The highest BCUT2D eigenvalue weighted by Gasteiger charge is 2.48. The van der Waals surface area contributed by atoms with Crippen LogP contribution in [0.5, 0.6) is 11.5 Å². The van der Waals surface area contributed by atoms with Crippen LogP contribution in [0.1, 0.15) is 53.6 Å². The molecular weight excluding hydrogens is 618 g/mol. The molecule has 1 saturated heterocycles. The fourth-order valence-corrected chi connectivity index (χ4v) is 7.05. The zero-order valence-electron chi connectivity index (χ0n) is 24.8. The average molecular weight is 650 g/mol. The van der Waals surface area contributed by atoms with Gasteiger partial charge in [0.25, 0.3) is 5.78 Å². The Labute approximate surface area is 269 Å². The highest BCUT2D eigenvalue weighted by molar-refractivity contribution is 8.00. The van der Waals surface area contributed by atoms with Crippen molar-refractivity contribution in [2.45, 2.75) is 49.7 Å². The smallest absolute Gasteiger partial charge is 0.301 e. The van der Waals surface area contributed by atoms with E-state index in [0.717, 1.165) is 29.5 Å². The maximum absolute atomic E-state index is 13.7. The van der Waals surface area contributed by atoms with Gasteiger partial charge in [0.05, 0.1) is 25.3 Å². The molecule has 228 valence electrons. The molecule has 3 aromatic carbocycles. The van der Waals surface area contributed by atoms with Gasteiger partial charge in [0.1, 0.15) is 5.76 Å². The first kappa shape index (κ1) is 31.6. The van der Waals surface area contributed by atoms with Crippen molar-refractivity contribution in [3.8, 4) is 11.5 Å². The number of methoxy groups -OCH3 is 1. The topological polar surface area (TPSA) is 102 Å². The number of hydrogen-bond acceptors (Lipinski definition) is 9. The Hall–Kier alpha value is -3.86. The van der Waals surface area contributed by atoms with Crippen LogP contribution in [-0.2, 0) is 15.3 Å². The van der Waals surface area contributed by atoms with E-state index in [0.29, 0.717) is 44.3 Å². The number of aryl methyl sites for hydroxylation is 2. The maximum atomic E-state index is 13.7. The predicted molar refractivity (Wildman–Crippen MR) is 175 cm³/mol. The summed E-state index contributed by atoms with van der Waals surface area (Å²) in [5.74, 6) is -0.314. The number of amides is 1. The third kappa shape index (κ3) is 6.47. The lowest BCUT2D eigenvalue weighted by Gasteiger charge is -2.23. The zero-order valence-corrected chi connectivity index (χ0v) is 27.2. The van der Waals surface area contributed by atoms with Gasteiger partial charge in [0, 0.05) is 16.3 Å². The third-order valence-corrected chi connectivity index (χ3v) is 9.74. The van der Waals surface area contributed by atoms with Gasteiger partial charge in [-0.15, -0.1) is 10.2 Å². The SMILES string of the molecule is CCCCOc1ccc(C2C(=C(O)c3cc(C)ccc3C)C(=O)C(=O)N2c2nnc(SCc3ccccc3Cl)s2)cc1OC. The number of Topliss-reactive ketones (excluding diaryl/α,β-unsaturated/α-hetero) is 1. The minimum atomic E-state index is -0.983. The van der Waals surface area contributed by atoms with Crippen LogP contribution < -0.4 is 14.4 Å². The Kier molecular flexibility index (Phi) is 9.93. The first-order chi connectivity index (χ1) is 21.2. The van der Waals surface area contributed by atoms with Crippen molar-refractivity contribution in [3.63, 3.8) is 0 Å². The molecule has 0 saturated carbocycles. The zero-order chi connectivity index (χ0) is 31.4. The number of benzene rings is 3. The van der Waals surface area contributed by atoms with Gasteiger partial charge in [-0.3, -0.25) is 14.5 Å². The molecule has 11 heteroatoms. The number of hydrogen-bond donors (Lipinski definition) is 1. The van der Waals surface area contributed by atoms with Crippen molar-refractivity contribution in [2.24, 2.45) is 0 Å². The summed E-state index contributed by atoms with van der Waals surface area (Å²) in [6.45, 7) is 6.35. The van der Waals surface area contributed by atoms with Crippen LogP contribution in [0.2, 0.25) is 5.02 Å². The van der Waals surface area contributed by atoms with Gasteiger partial charge >= 0.3 is 5.91 Å². The molecule has 4 aromatic rings. The fraction of sp³-hybridized carbons (Fsp3) is 0.273.